The highest BCUT2D eigenvalue weighted by molar-refractivity contribution is 7.52. The lowest BCUT2D eigenvalue weighted by Crippen LogP contribution is -2.35. The Bertz CT molecular complexity index is 1430. The fourth-order valence-corrected chi connectivity index (χ4v) is 5.78. The van der Waals surface area contributed by atoms with Crippen LogP contribution in [0.5, 0.6) is 11.6 Å². The standard InChI is InChI=1S/C25H32N7O7P/c1-5-11-36-22(33)16(2)31-40(34,39-17-9-7-6-8-10-17)37-13-18-12-25(3,14-26)23(38-18)32-15-28-19-20(32)29-24(27)30-21(19)35-4/h6-10,15-16,18,23H,5,11-13H2,1-4H3,(H,31,34)(H2,27,29,30)/t16-,18-,23+,25-,40?/m0/s1. The molecule has 0 amide bonds. The van der Waals surface area contributed by atoms with E-state index in [9.17, 15) is 14.6 Å². The van der Waals surface area contributed by atoms with Gasteiger partial charge in [-0.3, -0.25) is 13.9 Å². The molecule has 0 bridgehead atoms. The van der Waals surface area contributed by atoms with Gasteiger partial charge in [-0.05, 0) is 38.8 Å². The van der Waals surface area contributed by atoms with Crippen molar-refractivity contribution in [1.29, 1.82) is 5.26 Å². The number of methoxy groups -OCH3 is 1. The number of imidazole rings is 1. The highest BCUT2D eigenvalue weighted by atomic mass is 31.2. The number of rotatable bonds is 12. The zero-order chi connectivity index (χ0) is 28.9. The number of esters is 1. The number of carbonyl (C=O) groups excluding carboxylic acids is 1. The maximum atomic E-state index is 13.8. The molecule has 1 aliphatic heterocycles. The van der Waals surface area contributed by atoms with Gasteiger partial charge in [0.2, 0.25) is 11.8 Å². The molecule has 0 saturated carbocycles. The van der Waals surface area contributed by atoms with Gasteiger partial charge in [0, 0.05) is 0 Å². The van der Waals surface area contributed by atoms with Crippen LogP contribution < -0.4 is 20.1 Å². The summed E-state index contributed by atoms with van der Waals surface area (Å²) in [6, 6.07) is 9.74. The largest absolute Gasteiger partial charge is 0.479 e. The molecule has 214 valence electrons. The minimum Gasteiger partial charge on any atom is -0.479 e. The predicted octanol–water partition coefficient (Wildman–Crippen LogP) is 3.37. The average Bonchev–Trinajstić information content (AvgIpc) is 3.51. The maximum absolute atomic E-state index is 13.8. The van der Waals surface area contributed by atoms with Gasteiger partial charge in [0.15, 0.2) is 17.4 Å². The van der Waals surface area contributed by atoms with E-state index in [1.807, 2.05) is 6.92 Å². The first-order valence-electron chi connectivity index (χ1n) is 12.7. The molecule has 3 heterocycles. The second-order valence-corrected chi connectivity index (χ2v) is 11.2. The second kappa shape index (κ2) is 12.2. The van der Waals surface area contributed by atoms with Crippen LogP contribution in [-0.2, 0) is 23.4 Å². The summed E-state index contributed by atoms with van der Waals surface area (Å²) in [4.78, 5) is 25.0. The number of hydrogen-bond donors (Lipinski definition) is 2. The van der Waals surface area contributed by atoms with Gasteiger partial charge >= 0.3 is 13.7 Å². The summed E-state index contributed by atoms with van der Waals surface area (Å²) in [5.74, 6) is -0.162. The molecule has 5 atom stereocenters. The Kier molecular flexibility index (Phi) is 8.90. The fraction of sp³-hybridized carbons (Fsp3) is 0.480. The van der Waals surface area contributed by atoms with E-state index in [4.69, 9.17) is 29.0 Å². The maximum Gasteiger partial charge on any atom is 0.459 e. The summed E-state index contributed by atoms with van der Waals surface area (Å²) in [6.45, 7) is 5.12. The van der Waals surface area contributed by atoms with Gasteiger partial charge in [-0.2, -0.15) is 20.3 Å². The topological polar surface area (TPSA) is 186 Å². The minimum absolute atomic E-state index is 0.0284. The van der Waals surface area contributed by atoms with E-state index in [2.05, 4.69) is 26.1 Å². The number of para-hydroxylation sites is 1. The Morgan fingerprint density at radius 2 is 2.12 bits per heavy atom. The van der Waals surface area contributed by atoms with Gasteiger partial charge in [-0.1, -0.05) is 25.1 Å². The number of ether oxygens (including phenoxy) is 3. The highest BCUT2D eigenvalue weighted by Crippen LogP contribution is 2.49. The van der Waals surface area contributed by atoms with Gasteiger partial charge in [-0.15, -0.1) is 0 Å². The van der Waals surface area contributed by atoms with Crippen molar-refractivity contribution in [2.24, 2.45) is 5.41 Å². The Balaban J connectivity index is 1.54. The van der Waals surface area contributed by atoms with E-state index in [1.165, 1.54) is 20.4 Å². The first-order valence-corrected chi connectivity index (χ1v) is 14.2. The molecule has 15 heteroatoms. The van der Waals surface area contributed by atoms with Crippen molar-refractivity contribution in [2.45, 2.75) is 52.0 Å². The van der Waals surface area contributed by atoms with Crippen molar-refractivity contribution in [1.82, 2.24) is 24.6 Å². The van der Waals surface area contributed by atoms with Crippen LogP contribution in [0.15, 0.2) is 36.7 Å². The Morgan fingerprint density at radius 3 is 2.80 bits per heavy atom. The van der Waals surface area contributed by atoms with E-state index in [0.717, 1.165) is 0 Å². The number of carbonyl (C=O) groups is 1. The molecule has 1 saturated heterocycles. The van der Waals surface area contributed by atoms with Crippen molar-refractivity contribution < 1.29 is 32.6 Å². The third-order valence-corrected chi connectivity index (χ3v) is 7.82. The van der Waals surface area contributed by atoms with Crippen LogP contribution in [0.1, 0.15) is 39.8 Å². The Morgan fingerprint density at radius 1 is 1.38 bits per heavy atom. The molecule has 14 nitrogen and oxygen atoms in total. The molecular weight excluding hydrogens is 541 g/mol. The van der Waals surface area contributed by atoms with Crippen LogP contribution in [-0.4, -0.2) is 58.0 Å². The monoisotopic (exact) mass is 573 g/mol. The number of nitrogens with one attached hydrogen (secondary N) is 1. The SMILES string of the molecule is CCCOC(=O)[C@H](C)NP(=O)(OC[C@@H]1C[C@@](C)(C#N)[C@H](n2cnc3c(OC)nc(N)nc32)O1)Oc1ccccc1. The van der Waals surface area contributed by atoms with Crippen LogP contribution >= 0.6 is 7.75 Å². The van der Waals surface area contributed by atoms with E-state index in [-0.39, 0.29) is 37.2 Å². The molecule has 3 aromatic rings. The van der Waals surface area contributed by atoms with Crippen molar-refractivity contribution in [2.75, 3.05) is 26.1 Å². The fourth-order valence-electron chi connectivity index (χ4n) is 4.26. The number of nitrogens with two attached hydrogens (primary N) is 1. The molecule has 1 unspecified atom stereocenters. The number of aromatic nitrogens is 4. The molecule has 2 aromatic heterocycles. The van der Waals surface area contributed by atoms with Gasteiger partial charge < -0.3 is 24.5 Å². The lowest BCUT2D eigenvalue weighted by molar-refractivity contribution is -0.145. The molecule has 0 aliphatic carbocycles. The number of nitrogen functional groups attached to an aromatic ring is 1. The first kappa shape index (κ1) is 29.2. The average molecular weight is 574 g/mol. The normalized spacial score (nSPS) is 22.8. The lowest BCUT2D eigenvalue weighted by Gasteiger charge is -2.24. The summed E-state index contributed by atoms with van der Waals surface area (Å²) < 4.78 is 43.5. The highest BCUT2D eigenvalue weighted by Gasteiger charge is 2.48. The molecule has 0 spiro atoms. The predicted molar refractivity (Wildman–Crippen MR) is 143 cm³/mol. The van der Waals surface area contributed by atoms with Crippen LogP contribution in [0.3, 0.4) is 0 Å². The zero-order valence-electron chi connectivity index (χ0n) is 22.6. The second-order valence-electron chi connectivity index (χ2n) is 9.47. The van der Waals surface area contributed by atoms with E-state index in [1.54, 1.807) is 41.8 Å². The summed E-state index contributed by atoms with van der Waals surface area (Å²) >= 11 is 0. The molecule has 1 aliphatic rings. The Labute approximate surface area is 231 Å². The Hall–Kier alpha value is -3.76. The van der Waals surface area contributed by atoms with E-state index >= 15 is 0 Å². The summed E-state index contributed by atoms with van der Waals surface area (Å²) in [5, 5.41) is 12.7. The number of anilines is 1. The summed E-state index contributed by atoms with van der Waals surface area (Å²) in [6.07, 6.45) is 0.831. The van der Waals surface area contributed by atoms with E-state index < -0.39 is 37.5 Å². The van der Waals surface area contributed by atoms with Crippen molar-refractivity contribution in [3.8, 4) is 17.7 Å². The van der Waals surface area contributed by atoms with Crippen LogP contribution in [0.2, 0.25) is 0 Å². The number of benzene rings is 1. The van der Waals surface area contributed by atoms with Crippen molar-refractivity contribution in [3.63, 3.8) is 0 Å². The van der Waals surface area contributed by atoms with Crippen molar-refractivity contribution >= 4 is 30.8 Å². The quantitative estimate of drug-likeness (QED) is 0.237. The number of hydrogen-bond acceptors (Lipinski definition) is 12. The molecule has 3 N–H and O–H groups in total. The smallest absolute Gasteiger partial charge is 0.459 e. The van der Waals surface area contributed by atoms with Crippen LogP contribution in [0.25, 0.3) is 11.2 Å². The van der Waals surface area contributed by atoms with Crippen molar-refractivity contribution in [3.05, 3.63) is 36.7 Å². The first-order chi connectivity index (χ1) is 19.1. The molecular formula is C25H32N7O7P. The number of nitrogens with zero attached hydrogens (tertiary/aromatic N) is 5. The van der Waals surface area contributed by atoms with E-state index in [0.29, 0.717) is 17.6 Å². The molecule has 0 radical (unpaired) electrons. The van der Waals surface area contributed by atoms with Gasteiger partial charge in [0.05, 0.1) is 38.8 Å². The minimum atomic E-state index is -4.11. The molecule has 40 heavy (non-hydrogen) atoms. The summed E-state index contributed by atoms with van der Waals surface area (Å²) in [5.41, 5.74) is 5.49. The van der Waals surface area contributed by atoms with Crippen LogP contribution in [0, 0.1) is 16.7 Å². The zero-order valence-corrected chi connectivity index (χ0v) is 23.5. The molecule has 1 aromatic carbocycles. The summed E-state index contributed by atoms with van der Waals surface area (Å²) in [7, 11) is -2.67. The molecule has 1 fully saturated rings. The number of nitriles is 1. The van der Waals surface area contributed by atoms with Gasteiger partial charge in [-0.25, -0.2) is 9.55 Å². The third kappa shape index (κ3) is 6.34. The van der Waals surface area contributed by atoms with Gasteiger partial charge in [0.1, 0.15) is 17.2 Å². The lowest BCUT2D eigenvalue weighted by atomic mass is 9.87. The van der Waals surface area contributed by atoms with Crippen LogP contribution in [0.4, 0.5) is 5.95 Å². The van der Waals surface area contributed by atoms with Gasteiger partial charge in [0.25, 0.3) is 0 Å². The third-order valence-electron chi connectivity index (χ3n) is 6.18. The molecule has 4 rings (SSSR count). The number of fused-ring (bicyclic) bond motifs is 1.